The summed E-state index contributed by atoms with van der Waals surface area (Å²) in [7, 11) is 0. The molecule has 2 atom stereocenters. The van der Waals surface area contributed by atoms with Crippen molar-refractivity contribution in [2.45, 2.75) is 65.6 Å². The number of nitrogens with zero attached hydrogens (tertiary/aromatic N) is 2. The molecular weight excluding hydrogens is 319 g/mol. The van der Waals surface area contributed by atoms with Crippen LogP contribution in [0, 0.1) is 11.2 Å². The Kier molecular flexibility index (Phi) is 7.17. The molecule has 0 amide bonds. The van der Waals surface area contributed by atoms with Gasteiger partial charge in [0.05, 0.1) is 18.3 Å². The topological polar surface area (TPSA) is 58.5 Å². The second kappa shape index (κ2) is 9.13. The summed E-state index contributed by atoms with van der Waals surface area (Å²) in [6, 6.07) is 3.31. The molecule has 2 N–H and O–H groups in total. The van der Waals surface area contributed by atoms with Crippen molar-refractivity contribution in [3.63, 3.8) is 0 Å². The molecule has 1 heterocycles. The van der Waals surface area contributed by atoms with Crippen molar-refractivity contribution in [3.8, 4) is 0 Å². The third-order valence-electron chi connectivity index (χ3n) is 5.35. The van der Waals surface area contributed by atoms with Crippen LogP contribution in [0.25, 0.3) is 0 Å². The third kappa shape index (κ3) is 4.29. The third-order valence-corrected chi connectivity index (χ3v) is 5.35. The Morgan fingerprint density at radius 1 is 1.36 bits per heavy atom. The van der Waals surface area contributed by atoms with Gasteiger partial charge in [0.25, 0.3) is 0 Å². The van der Waals surface area contributed by atoms with E-state index >= 15 is 0 Å². The molecule has 1 aliphatic carbocycles. The highest BCUT2D eigenvalue weighted by atomic mass is 19.1. The molecule has 1 fully saturated rings. The van der Waals surface area contributed by atoms with E-state index in [1.54, 1.807) is 12.3 Å². The molecule has 0 aromatic carbocycles. The van der Waals surface area contributed by atoms with Crippen LogP contribution in [-0.4, -0.2) is 36.2 Å². The smallest absolute Gasteiger partial charge is 0.191 e. The maximum Gasteiger partial charge on any atom is 0.191 e. The predicted octanol–water partition coefficient (Wildman–Crippen LogP) is 3.26. The number of aromatic nitrogens is 1. The predicted molar refractivity (Wildman–Crippen MR) is 99.0 cm³/mol. The monoisotopic (exact) mass is 350 g/mol. The molecule has 25 heavy (non-hydrogen) atoms. The number of pyridine rings is 1. The van der Waals surface area contributed by atoms with Crippen molar-refractivity contribution in [1.29, 1.82) is 0 Å². The summed E-state index contributed by atoms with van der Waals surface area (Å²) in [5.74, 6) is 0.386. The summed E-state index contributed by atoms with van der Waals surface area (Å²) in [4.78, 5) is 8.59. The number of hydrogen-bond donors (Lipinski definition) is 2. The first-order valence-corrected chi connectivity index (χ1v) is 9.37. The van der Waals surface area contributed by atoms with Crippen LogP contribution in [0.4, 0.5) is 4.39 Å². The van der Waals surface area contributed by atoms with Crippen molar-refractivity contribution >= 4 is 5.96 Å². The fourth-order valence-corrected chi connectivity index (χ4v) is 3.76. The first-order valence-electron chi connectivity index (χ1n) is 9.37. The highest BCUT2D eigenvalue weighted by molar-refractivity contribution is 5.80. The van der Waals surface area contributed by atoms with Crippen LogP contribution in [0.2, 0.25) is 0 Å². The molecule has 1 aromatic rings. The van der Waals surface area contributed by atoms with E-state index in [2.05, 4.69) is 34.5 Å². The number of aliphatic imine (C=N–C) groups is 1. The van der Waals surface area contributed by atoms with Gasteiger partial charge in [-0.15, -0.1) is 0 Å². The highest BCUT2D eigenvalue weighted by Gasteiger charge is 2.53. The van der Waals surface area contributed by atoms with E-state index in [4.69, 9.17) is 4.74 Å². The lowest BCUT2D eigenvalue weighted by atomic mass is 9.58. The number of guanidine groups is 1. The quantitative estimate of drug-likeness (QED) is 0.558. The molecule has 2 unspecified atom stereocenters. The SMILES string of the molecule is CCNC(=NCc1ncccc1F)NC1CC(OCC)C1(CC)CC. The van der Waals surface area contributed by atoms with Gasteiger partial charge in [-0.25, -0.2) is 9.38 Å². The second-order valence-corrected chi connectivity index (χ2v) is 6.44. The van der Waals surface area contributed by atoms with E-state index in [9.17, 15) is 4.39 Å². The van der Waals surface area contributed by atoms with Crippen LogP contribution in [0.3, 0.4) is 0 Å². The van der Waals surface area contributed by atoms with Gasteiger partial charge in [0.15, 0.2) is 5.96 Å². The Morgan fingerprint density at radius 2 is 2.12 bits per heavy atom. The molecule has 0 bridgehead atoms. The lowest BCUT2D eigenvalue weighted by Gasteiger charge is -2.55. The number of halogens is 1. The number of ether oxygens (including phenoxy) is 1. The molecule has 6 heteroatoms. The normalized spacial score (nSPS) is 22.4. The Hall–Kier alpha value is -1.69. The Balaban J connectivity index is 2.08. The first kappa shape index (κ1) is 19.6. The number of rotatable bonds is 8. The van der Waals surface area contributed by atoms with Crippen molar-refractivity contribution in [3.05, 3.63) is 29.8 Å². The summed E-state index contributed by atoms with van der Waals surface area (Å²) in [5, 5.41) is 6.79. The lowest BCUT2D eigenvalue weighted by Crippen LogP contribution is -2.65. The molecule has 0 radical (unpaired) electrons. The van der Waals surface area contributed by atoms with Gasteiger partial charge in [-0.1, -0.05) is 13.8 Å². The van der Waals surface area contributed by atoms with Gasteiger partial charge in [0.1, 0.15) is 5.82 Å². The zero-order valence-electron chi connectivity index (χ0n) is 15.8. The van der Waals surface area contributed by atoms with Gasteiger partial charge in [-0.05, 0) is 45.2 Å². The average Bonchev–Trinajstić information content (AvgIpc) is 2.61. The van der Waals surface area contributed by atoms with Crippen LogP contribution in [0.5, 0.6) is 0 Å². The van der Waals surface area contributed by atoms with Gasteiger partial charge >= 0.3 is 0 Å². The molecule has 5 nitrogen and oxygen atoms in total. The van der Waals surface area contributed by atoms with Gasteiger partial charge < -0.3 is 15.4 Å². The summed E-state index contributed by atoms with van der Waals surface area (Å²) in [6.07, 6.45) is 4.96. The van der Waals surface area contributed by atoms with Gasteiger partial charge in [0, 0.05) is 30.8 Å². The minimum atomic E-state index is -0.321. The molecule has 1 saturated carbocycles. The highest BCUT2D eigenvalue weighted by Crippen LogP contribution is 2.48. The van der Waals surface area contributed by atoms with Crippen LogP contribution in [0.15, 0.2) is 23.3 Å². The van der Waals surface area contributed by atoms with Crippen LogP contribution >= 0.6 is 0 Å². The molecule has 2 rings (SSSR count). The molecule has 1 aliphatic rings. The summed E-state index contributed by atoms with van der Waals surface area (Å²) in [5.41, 5.74) is 0.486. The number of nitrogens with one attached hydrogen (secondary N) is 2. The standard InChI is InChI=1S/C19H31FN4O/c1-5-19(6-2)16(12-17(19)25-8-4)24-18(21-7-3)23-13-15-14(20)10-9-11-22-15/h9-11,16-17H,5-8,12-13H2,1-4H3,(H2,21,23,24). The largest absolute Gasteiger partial charge is 0.378 e. The maximum absolute atomic E-state index is 13.7. The molecule has 0 spiro atoms. The van der Waals surface area contributed by atoms with Gasteiger partial charge in [-0.3, -0.25) is 4.98 Å². The van der Waals surface area contributed by atoms with E-state index < -0.39 is 0 Å². The lowest BCUT2D eigenvalue weighted by molar-refractivity contribution is -0.133. The number of hydrogen-bond acceptors (Lipinski definition) is 3. The second-order valence-electron chi connectivity index (χ2n) is 6.44. The Morgan fingerprint density at radius 3 is 2.72 bits per heavy atom. The molecular formula is C19H31FN4O. The Bertz CT molecular complexity index is 574. The van der Waals surface area contributed by atoms with Gasteiger partial charge in [-0.2, -0.15) is 0 Å². The van der Waals surface area contributed by atoms with E-state index in [1.807, 2.05) is 13.8 Å². The average molecular weight is 350 g/mol. The van der Waals surface area contributed by atoms with Crippen molar-refractivity contribution in [2.75, 3.05) is 13.2 Å². The first-order chi connectivity index (χ1) is 12.1. The summed E-state index contributed by atoms with van der Waals surface area (Å²) < 4.78 is 19.7. The Labute approximate surface area is 150 Å². The molecule has 0 saturated heterocycles. The van der Waals surface area contributed by atoms with Crippen LogP contribution in [0.1, 0.15) is 52.7 Å². The van der Waals surface area contributed by atoms with E-state index in [-0.39, 0.29) is 17.8 Å². The molecule has 140 valence electrons. The summed E-state index contributed by atoms with van der Waals surface area (Å²) >= 11 is 0. The van der Waals surface area contributed by atoms with E-state index in [0.717, 1.165) is 32.4 Å². The van der Waals surface area contributed by atoms with Crippen LogP contribution < -0.4 is 10.6 Å². The fraction of sp³-hybridized carbons (Fsp3) is 0.684. The zero-order chi connectivity index (χ0) is 18.3. The van der Waals surface area contributed by atoms with Crippen molar-refractivity contribution in [2.24, 2.45) is 10.4 Å². The molecule has 0 aliphatic heterocycles. The maximum atomic E-state index is 13.7. The minimum absolute atomic E-state index is 0.127. The van der Waals surface area contributed by atoms with Gasteiger partial charge in [0.2, 0.25) is 0 Å². The molecule has 1 aromatic heterocycles. The van der Waals surface area contributed by atoms with Crippen molar-refractivity contribution < 1.29 is 9.13 Å². The zero-order valence-corrected chi connectivity index (χ0v) is 15.8. The van der Waals surface area contributed by atoms with Crippen molar-refractivity contribution in [1.82, 2.24) is 15.6 Å². The fourth-order valence-electron chi connectivity index (χ4n) is 3.76. The minimum Gasteiger partial charge on any atom is -0.378 e. The summed E-state index contributed by atoms with van der Waals surface area (Å²) in [6.45, 7) is 10.2. The van der Waals surface area contributed by atoms with E-state index in [0.29, 0.717) is 23.8 Å². The van der Waals surface area contributed by atoms with E-state index in [1.165, 1.54) is 6.07 Å². The van der Waals surface area contributed by atoms with Crippen LogP contribution in [-0.2, 0) is 11.3 Å².